The van der Waals surface area contributed by atoms with Gasteiger partial charge < -0.3 is 10.2 Å². The SMILES string of the molecule is CNCC1CCN(C(=O)Cc2ccc(F)cc2)CC1.Cl. The second-order valence-corrected chi connectivity index (χ2v) is 5.19. The average molecular weight is 301 g/mol. The second-order valence-electron chi connectivity index (χ2n) is 5.19. The monoisotopic (exact) mass is 300 g/mol. The maximum Gasteiger partial charge on any atom is 0.226 e. The molecule has 1 aromatic carbocycles. The Bertz CT molecular complexity index is 416. The molecule has 1 heterocycles. The summed E-state index contributed by atoms with van der Waals surface area (Å²) in [5, 5.41) is 3.19. The number of halogens is 2. The van der Waals surface area contributed by atoms with Gasteiger partial charge in [-0.1, -0.05) is 12.1 Å². The van der Waals surface area contributed by atoms with Crippen molar-refractivity contribution in [3.63, 3.8) is 0 Å². The quantitative estimate of drug-likeness (QED) is 0.925. The molecule has 1 fully saturated rings. The van der Waals surface area contributed by atoms with Crippen LogP contribution in [0, 0.1) is 11.7 Å². The summed E-state index contributed by atoms with van der Waals surface area (Å²) in [6.07, 6.45) is 2.50. The molecule has 2 rings (SSSR count). The summed E-state index contributed by atoms with van der Waals surface area (Å²) in [6, 6.07) is 6.17. The lowest BCUT2D eigenvalue weighted by molar-refractivity contribution is -0.131. The van der Waals surface area contributed by atoms with Crippen LogP contribution in [-0.2, 0) is 11.2 Å². The molecule has 0 saturated carbocycles. The third kappa shape index (κ3) is 4.76. The lowest BCUT2D eigenvalue weighted by Gasteiger charge is -2.32. The molecule has 1 N–H and O–H groups in total. The van der Waals surface area contributed by atoms with Crippen molar-refractivity contribution in [3.05, 3.63) is 35.6 Å². The molecule has 1 saturated heterocycles. The van der Waals surface area contributed by atoms with Crippen LogP contribution in [0.3, 0.4) is 0 Å². The van der Waals surface area contributed by atoms with Crippen molar-refractivity contribution in [3.8, 4) is 0 Å². The van der Waals surface area contributed by atoms with E-state index in [1.54, 1.807) is 12.1 Å². The highest BCUT2D eigenvalue weighted by atomic mass is 35.5. The van der Waals surface area contributed by atoms with E-state index in [-0.39, 0.29) is 24.1 Å². The first kappa shape index (κ1) is 16.9. The number of hydrogen-bond donors (Lipinski definition) is 1. The maximum atomic E-state index is 12.8. The Morgan fingerprint density at radius 2 is 1.90 bits per heavy atom. The first-order valence-corrected chi connectivity index (χ1v) is 6.86. The normalized spacial score (nSPS) is 15.8. The van der Waals surface area contributed by atoms with Crippen molar-refractivity contribution in [1.29, 1.82) is 0 Å². The zero-order valence-corrected chi connectivity index (χ0v) is 12.6. The van der Waals surface area contributed by atoms with E-state index >= 15 is 0 Å². The van der Waals surface area contributed by atoms with E-state index in [0.29, 0.717) is 12.3 Å². The van der Waals surface area contributed by atoms with Crippen molar-refractivity contribution < 1.29 is 9.18 Å². The number of nitrogens with zero attached hydrogens (tertiary/aromatic N) is 1. The third-order valence-electron chi connectivity index (χ3n) is 3.73. The van der Waals surface area contributed by atoms with Gasteiger partial charge in [0.25, 0.3) is 0 Å². The number of rotatable bonds is 4. The Hall–Kier alpha value is -1.13. The standard InChI is InChI=1S/C15H21FN2O.ClH/c1-17-11-13-6-8-18(9-7-13)15(19)10-12-2-4-14(16)5-3-12;/h2-5,13,17H,6-11H2,1H3;1H. The predicted octanol–water partition coefficient (Wildman–Crippen LogP) is 2.25. The lowest BCUT2D eigenvalue weighted by Crippen LogP contribution is -2.41. The van der Waals surface area contributed by atoms with E-state index < -0.39 is 0 Å². The van der Waals surface area contributed by atoms with Crippen LogP contribution in [0.5, 0.6) is 0 Å². The Morgan fingerprint density at radius 1 is 1.30 bits per heavy atom. The van der Waals surface area contributed by atoms with Gasteiger partial charge in [0.15, 0.2) is 0 Å². The molecule has 0 bridgehead atoms. The second kappa shape index (κ2) is 8.22. The number of benzene rings is 1. The van der Waals surface area contributed by atoms with E-state index in [9.17, 15) is 9.18 Å². The van der Waals surface area contributed by atoms with Crippen LogP contribution in [0.2, 0.25) is 0 Å². The van der Waals surface area contributed by atoms with Crippen LogP contribution in [0.1, 0.15) is 18.4 Å². The molecule has 0 atom stereocenters. The summed E-state index contributed by atoms with van der Waals surface area (Å²) < 4.78 is 12.8. The lowest BCUT2D eigenvalue weighted by atomic mass is 9.96. The van der Waals surface area contributed by atoms with E-state index in [4.69, 9.17) is 0 Å². The first-order chi connectivity index (χ1) is 9.19. The van der Waals surface area contributed by atoms with Crippen LogP contribution in [0.15, 0.2) is 24.3 Å². The number of carbonyl (C=O) groups is 1. The molecule has 0 unspecified atom stereocenters. The van der Waals surface area contributed by atoms with Gasteiger partial charge in [0.05, 0.1) is 6.42 Å². The number of hydrogen-bond acceptors (Lipinski definition) is 2. The highest BCUT2D eigenvalue weighted by Gasteiger charge is 2.22. The average Bonchev–Trinajstić information content (AvgIpc) is 2.42. The van der Waals surface area contributed by atoms with Gasteiger partial charge in [-0.2, -0.15) is 0 Å². The van der Waals surface area contributed by atoms with Crippen molar-refractivity contribution >= 4 is 18.3 Å². The molecule has 112 valence electrons. The van der Waals surface area contributed by atoms with E-state index in [0.717, 1.165) is 38.0 Å². The van der Waals surface area contributed by atoms with Gasteiger partial charge in [-0.05, 0) is 50.0 Å². The van der Waals surface area contributed by atoms with Crippen molar-refractivity contribution in [2.75, 3.05) is 26.7 Å². The van der Waals surface area contributed by atoms with Gasteiger partial charge in [0.1, 0.15) is 5.82 Å². The van der Waals surface area contributed by atoms with Crippen molar-refractivity contribution in [2.24, 2.45) is 5.92 Å². The zero-order chi connectivity index (χ0) is 13.7. The Kier molecular flexibility index (Phi) is 6.96. The zero-order valence-electron chi connectivity index (χ0n) is 11.8. The molecule has 20 heavy (non-hydrogen) atoms. The molecule has 0 spiro atoms. The minimum Gasteiger partial charge on any atom is -0.342 e. The van der Waals surface area contributed by atoms with E-state index in [1.807, 2.05) is 11.9 Å². The minimum atomic E-state index is -0.260. The topological polar surface area (TPSA) is 32.3 Å². The van der Waals surface area contributed by atoms with Gasteiger partial charge in [-0.3, -0.25) is 4.79 Å². The molecule has 1 aliphatic heterocycles. The highest BCUT2D eigenvalue weighted by molar-refractivity contribution is 5.85. The molecule has 0 radical (unpaired) electrons. The number of carbonyl (C=O) groups excluding carboxylic acids is 1. The van der Waals surface area contributed by atoms with Crippen molar-refractivity contribution in [1.82, 2.24) is 10.2 Å². The highest BCUT2D eigenvalue weighted by Crippen LogP contribution is 2.17. The van der Waals surface area contributed by atoms with Crippen LogP contribution in [0.25, 0.3) is 0 Å². The Morgan fingerprint density at radius 3 is 2.45 bits per heavy atom. The summed E-state index contributed by atoms with van der Waals surface area (Å²) in [5.74, 6) is 0.568. The minimum absolute atomic E-state index is 0. The number of amides is 1. The van der Waals surface area contributed by atoms with E-state index in [2.05, 4.69) is 5.32 Å². The van der Waals surface area contributed by atoms with Crippen LogP contribution < -0.4 is 5.32 Å². The molecular weight excluding hydrogens is 279 g/mol. The summed E-state index contributed by atoms with van der Waals surface area (Å²) in [4.78, 5) is 14.1. The van der Waals surface area contributed by atoms with Crippen molar-refractivity contribution in [2.45, 2.75) is 19.3 Å². The number of nitrogens with one attached hydrogen (secondary N) is 1. The molecule has 1 aromatic rings. The molecule has 0 aromatic heterocycles. The summed E-state index contributed by atoms with van der Waals surface area (Å²) in [7, 11) is 1.96. The predicted molar refractivity (Wildman–Crippen MR) is 80.6 cm³/mol. The molecule has 0 aliphatic carbocycles. The van der Waals surface area contributed by atoms with Crippen LogP contribution >= 0.6 is 12.4 Å². The Balaban J connectivity index is 0.00000200. The smallest absolute Gasteiger partial charge is 0.226 e. The fraction of sp³-hybridized carbons (Fsp3) is 0.533. The van der Waals surface area contributed by atoms with Gasteiger partial charge in [-0.15, -0.1) is 12.4 Å². The van der Waals surface area contributed by atoms with Gasteiger partial charge in [-0.25, -0.2) is 4.39 Å². The Labute approximate surface area is 125 Å². The maximum absolute atomic E-state index is 12.8. The third-order valence-corrected chi connectivity index (χ3v) is 3.73. The fourth-order valence-corrected chi connectivity index (χ4v) is 2.56. The molecule has 3 nitrogen and oxygen atoms in total. The molecule has 1 amide bonds. The summed E-state index contributed by atoms with van der Waals surface area (Å²) >= 11 is 0. The van der Waals surface area contributed by atoms with E-state index in [1.165, 1.54) is 12.1 Å². The summed E-state index contributed by atoms with van der Waals surface area (Å²) in [5.41, 5.74) is 0.878. The van der Waals surface area contributed by atoms with Crippen LogP contribution in [0.4, 0.5) is 4.39 Å². The molecule has 1 aliphatic rings. The number of likely N-dealkylation sites (tertiary alicyclic amines) is 1. The number of piperidine rings is 1. The molecular formula is C15H22ClFN2O. The van der Waals surface area contributed by atoms with Gasteiger partial charge in [0, 0.05) is 13.1 Å². The van der Waals surface area contributed by atoms with Crippen LogP contribution in [-0.4, -0.2) is 37.5 Å². The van der Waals surface area contributed by atoms with Gasteiger partial charge >= 0.3 is 0 Å². The molecule has 5 heteroatoms. The largest absolute Gasteiger partial charge is 0.342 e. The summed E-state index contributed by atoms with van der Waals surface area (Å²) in [6.45, 7) is 2.71. The first-order valence-electron chi connectivity index (χ1n) is 6.86. The van der Waals surface area contributed by atoms with Gasteiger partial charge in [0.2, 0.25) is 5.91 Å². The fourth-order valence-electron chi connectivity index (χ4n) is 2.56.